The molecule has 0 amide bonds. The lowest BCUT2D eigenvalue weighted by Gasteiger charge is -2.12. The van der Waals surface area contributed by atoms with E-state index in [0.29, 0.717) is 5.88 Å². The smallest absolute Gasteiger partial charge is 0.0406 e. The van der Waals surface area contributed by atoms with Crippen LogP contribution in [-0.2, 0) is 0 Å². The van der Waals surface area contributed by atoms with Gasteiger partial charge < -0.3 is 0 Å². The molecule has 0 aliphatic rings. The minimum absolute atomic E-state index is 0.642. The first kappa shape index (κ1) is 20.8. The number of hydrogen-bond donors (Lipinski definition) is 0. The summed E-state index contributed by atoms with van der Waals surface area (Å²) in [5.74, 6) is 2.40. The molecule has 124 valence electrons. The van der Waals surface area contributed by atoms with Crippen molar-refractivity contribution in [2.24, 2.45) is 11.8 Å². The topological polar surface area (TPSA) is 0 Å². The SMILES string of the molecule is CC(=CCCl)CCC=C(C)CCCC(C)CCCC(C)C. The molecule has 21 heavy (non-hydrogen) atoms. The lowest BCUT2D eigenvalue weighted by molar-refractivity contribution is 0.427. The molecule has 0 fully saturated rings. The van der Waals surface area contributed by atoms with Crippen LogP contribution in [0.1, 0.15) is 86.0 Å². The van der Waals surface area contributed by atoms with Crippen LogP contribution in [0.25, 0.3) is 0 Å². The van der Waals surface area contributed by atoms with Gasteiger partial charge in [-0.1, -0.05) is 69.8 Å². The molecule has 0 radical (unpaired) electrons. The highest BCUT2D eigenvalue weighted by Crippen LogP contribution is 2.19. The van der Waals surface area contributed by atoms with Gasteiger partial charge in [0.15, 0.2) is 0 Å². The first-order valence-electron chi connectivity index (χ1n) is 8.83. The highest BCUT2D eigenvalue weighted by Gasteiger charge is 2.03. The Bertz CT molecular complexity index is 299. The third-order valence-electron chi connectivity index (χ3n) is 4.20. The van der Waals surface area contributed by atoms with Gasteiger partial charge in [0.05, 0.1) is 0 Å². The molecule has 1 heteroatoms. The van der Waals surface area contributed by atoms with E-state index in [-0.39, 0.29) is 0 Å². The summed E-state index contributed by atoms with van der Waals surface area (Å²) in [6.07, 6.45) is 15.0. The Morgan fingerprint density at radius 2 is 1.48 bits per heavy atom. The molecule has 1 atom stereocenters. The Kier molecular flexibility index (Phi) is 13.3. The zero-order valence-electron chi connectivity index (χ0n) is 15.1. The quantitative estimate of drug-likeness (QED) is 0.258. The van der Waals surface area contributed by atoms with Crippen LogP contribution >= 0.6 is 11.6 Å². The molecule has 1 unspecified atom stereocenters. The van der Waals surface area contributed by atoms with Gasteiger partial charge in [-0.25, -0.2) is 0 Å². The second-order valence-electron chi connectivity index (χ2n) is 7.12. The lowest BCUT2D eigenvalue weighted by Crippen LogP contribution is -1.97. The van der Waals surface area contributed by atoms with E-state index in [2.05, 4.69) is 46.8 Å². The maximum atomic E-state index is 5.70. The summed E-state index contributed by atoms with van der Waals surface area (Å²) in [6.45, 7) is 11.5. The van der Waals surface area contributed by atoms with Crippen LogP contribution in [-0.4, -0.2) is 5.88 Å². The van der Waals surface area contributed by atoms with E-state index in [1.54, 1.807) is 5.57 Å². The normalized spacial score (nSPS) is 14.8. The lowest BCUT2D eigenvalue weighted by atomic mass is 9.94. The van der Waals surface area contributed by atoms with Crippen LogP contribution in [0.2, 0.25) is 0 Å². The third-order valence-corrected chi connectivity index (χ3v) is 4.36. The van der Waals surface area contributed by atoms with Gasteiger partial charge in [0.1, 0.15) is 0 Å². The third kappa shape index (κ3) is 14.5. The van der Waals surface area contributed by atoms with Gasteiger partial charge in [-0.15, -0.1) is 11.6 Å². The minimum Gasteiger partial charge on any atom is -0.122 e. The first-order chi connectivity index (χ1) is 9.95. The predicted molar refractivity (Wildman–Crippen MR) is 99.2 cm³/mol. The molecule has 0 heterocycles. The largest absolute Gasteiger partial charge is 0.122 e. The average molecular weight is 313 g/mol. The molecule has 0 aromatic carbocycles. The van der Waals surface area contributed by atoms with E-state index >= 15 is 0 Å². The van der Waals surface area contributed by atoms with Gasteiger partial charge in [0.2, 0.25) is 0 Å². The van der Waals surface area contributed by atoms with Gasteiger partial charge >= 0.3 is 0 Å². The van der Waals surface area contributed by atoms with Gasteiger partial charge in [-0.05, 0) is 51.4 Å². The molecule has 0 aromatic rings. The Labute approximate surface area is 139 Å². The van der Waals surface area contributed by atoms with Gasteiger partial charge in [-0.2, -0.15) is 0 Å². The molecule has 0 saturated heterocycles. The first-order valence-corrected chi connectivity index (χ1v) is 9.36. The number of allylic oxidation sites excluding steroid dienone is 4. The molecule has 0 rings (SSSR count). The van der Waals surface area contributed by atoms with Gasteiger partial charge in [0, 0.05) is 5.88 Å². The average Bonchev–Trinajstić information content (AvgIpc) is 2.38. The number of rotatable bonds is 12. The van der Waals surface area contributed by atoms with Gasteiger partial charge in [0.25, 0.3) is 0 Å². The van der Waals surface area contributed by atoms with E-state index in [0.717, 1.165) is 24.7 Å². The molecule has 0 aliphatic heterocycles. The summed E-state index contributed by atoms with van der Waals surface area (Å²) in [6, 6.07) is 0. The summed E-state index contributed by atoms with van der Waals surface area (Å²) in [4.78, 5) is 0. The summed E-state index contributed by atoms with van der Waals surface area (Å²) in [5, 5.41) is 0. The van der Waals surface area contributed by atoms with Crippen LogP contribution in [0, 0.1) is 11.8 Å². The summed E-state index contributed by atoms with van der Waals surface area (Å²) < 4.78 is 0. The Hall–Kier alpha value is -0.230. The molecule has 0 saturated carbocycles. The van der Waals surface area contributed by atoms with E-state index in [1.165, 1.54) is 44.1 Å². The Morgan fingerprint density at radius 3 is 2.10 bits per heavy atom. The van der Waals surface area contributed by atoms with Crippen molar-refractivity contribution in [2.45, 2.75) is 86.0 Å². The predicted octanol–water partition coefficient (Wildman–Crippen LogP) is 7.53. The second-order valence-corrected chi connectivity index (χ2v) is 7.42. The van der Waals surface area contributed by atoms with E-state index in [1.807, 2.05) is 0 Å². The second kappa shape index (κ2) is 13.4. The van der Waals surface area contributed by atoms with Crippen molar-refractivity contribution in [2.75, 3.05) is 5.88 Å². The fraction of sp³-hybridized carbons (Fsp3) is 0.800. The van der Waals surface area contributed by atoms with Gasteiger partial charge in [-0.3, -0.25) is 0 Å². The van der Waals surface area contributed by atoms with Crippen LogP contribution in [0.15, 0.2) is 23.3 Å². The molecular weight excluding hydrogens is 276 g/mol. The van der Waals surface area contributed by atoms with E-state index in [4.69, 9.17) is 11.6 Å². The maximum Gasteiger partial charge on any atom is 0.0406 e. The molecule has 0 aromatic heterocycles. The maximum absolute atomic E-state index is 5.70. The fourth-order valence-corrected chi connectivity index (χ4v) is 2.89. The number of alkyl halides is 1. The highest BCUT2D eigenvalue weighted by atomic mass is 35.5. The van der Waals surface area contributed by atoms with Crippen molar-refractivity contribution in [3.8, 4) is 0 Å². The number of halogens is 1. The van der Waals surface area contributed by atoms with Crippen molar-refractivity contribution in [3.63, 3.8) is 0 Å². The van der Waals surface area contributed by atoms with E-state index in [9.17, 15) is 0 Å². The van der Waals surface area contributed by atoms with Crippen LogP contribution in [0.5, 0.6) is 0 Å². The van der Waals surface area contributed by atoms with Crippen molar-refractivity contribution in [1.82, 2.24) is 0 Å². The summed E-state index contributed by atoms with van der Waals surface area (Å²) >= 11 is 5.70. The summed E-state index contributed by atoms with van der Waals surface area (Å²) in [5.41, 5.74) is 2.97. The molecule has 0 N–H and O–H groups in total. The van der Waals surface area contributed by atoms with Crippen LogP contribution in [0.3, 0.4) is 0 Å². The van der Waals surface area contributed by atoms with Crippen molar-refractivity contribution < 1.29 is 0 Å². The minimum atomic E-state index is 0.642. The van der Waals surface area contributed by atoms with Crippen molar-refractivity contribution in [3.05, 3.63) is 23.3 Å². The zero-order chi connectivity index (χ0) is 16.1. The molecule has 0 bridgehead atoms. The molecule has 0 aliphatic carbocycles. The molecule has 0 nitrogen and oxygen atoms in total. The Morgan fingerprint density at radius 1 is 0.857 bits per heavy atom. The molecular formula is C20H37Cl. The summed E-state index contributed by atoms with van der Waals surface area (Å²) in [7, 11) is 0. The molecule has 0 spiro atoms. The van der Waals surface area contributed by atoms with Crippen molar-refractivity contribution >= 4 is 11.6 Å². The highest BCUT2D eigenvalue weighted by molar-refractivity contribution is 6.18. The van der Waals surface area contributed by atoms with Crippen LogP contribution in [0.4, 0.5) is 0 Å². The van der Waals surface area contributed by atoms with E-state index < -0.39 is 0 Å². The van der Waals surface area contributed by atoms with Crippen LogP contribution < -0.4 is 0 Å². The fourth-order valence-electron chi connectivity index (χ4n) is 2.63. The monoisotopic (exact) mass is 312 g/mol. The number of hydrogen-bond acceptors (Lipinski definition) is 0. The standard InChI is InChI=1S/C20H37Cl/c1-17(2)9-6-10-18(3)11-7-12-19(4)13-8-14-20(5)15-16-21/h13,15,17-18H,6-12,14,16H2,1-5H3. The Balaban J connectivity index is 3.68. The zero-order valence-corrected chi connectivity index (χ0v) is 15.8. The van der Waals surface area contributed by atoms with Crippen molar-refractivity contribution in [1.29, 1.82) is 0 Å².